The lowest BCUT2D eigenvalue weighted by molar-refractivity contribution is 0.0725. The maximum Gasteiger partial charge on any atom is 0.272 e. The zero-order chi connectivity index (χ0) is 13.0. The van der Waals surface area contributed by atoms with Crippen LogP contribution in [0.15, 0.2) is 18.2 Å². The van der Waals surface area contributed by atoms with Crippen molar-refractivity contribution in [2.75, 3.05) is 26.3 Å². The fraction of sp³-hybridized carbons (Fsp3) is 0.538. The van der Waals surface area contributed by atoms with Gasteiger partial charge in [0.1, 0.15) is 10.8 Å². The molecule has 0 N–H and O–H groups in total. The Kier molecular flexibility index (Phi) is 4.55. The molecule has 0 saturated carbocycles. The first-order chi connectivity index (χ1) is 8.70. The van der Waals surface area contributed by atoms with Crippen LogP contribution < -0.4 is 0 Å². The summed E-state index contributed by atoms with van der Waals surface area (Å²) in [5, 5.41) is 0.348. The van der Waals surface area contributed by atoms with E-state index in [9.17, 15) is 4.79 Å². The number of rotatable bonds is 4. The number of hydrogen-bond donors (Lipinski definition) is 0. The normalized spacial score (nSPS) is 18.9. The van der Waals surface area contributed by atoms with E-state index >= 15 is 0 Å². The van der Waals surface area contributed by atoms with Crippen molar-refractivity contribution in [3.05, 3.63) is 29.0 Å². The second-order valence-corrected chi connectivity index (χ2v) is 4.81. The minimum Gasteiger partial charge on any atom is -0.381 e. The molecule has 1 amide bonds. The average molecular weight is 269 g/mol. The topological polar surface area (TPSA) is 42.4 Å². The maximum absolute atomic E-state index is 12.3. The largest absolute Gasteiger partial charge is 0.381 e. The second kappa shape index (κ2) is 6.16. The molecule has 5 heteroatoms. The van der Waals surface area contributed by atoms with Crippen molar-refractivity contribution in [2.45, 2.75) is 13.3 Å². The molecule has 1 saturated heterocycles. The highest BCUT2D eigenvalue weighted by Gasteiger charge is 2.22. The Morgan fingerprint density at radius 2 is 2.44 bits per heavy atom. The van der Waals surface area contributed by atoms with Gasteiger partial charge in [-0.3, -0.25) is 4.79 Å². The van der Waals surface area contributed by atoms with Gasteiger partial charge in [0.25, 0.3) is 5.91 Å². The van der Waals surface area contributed by atoms with Gasteiger partial charge in [0.15, 0.2) is 0 Å². The minimum atomic E-state index is -0.0631. The fourth-order valence-electron chi connectivity index (χ4n) is 2.08. The van der Waals surface area contributed by atoms with Gasteiger partial charge in [-0.2, -0.15) is 0 Å². The van der Waals surface area contributed by atoms with Crippen molar-refractivity contribution in [3.8, 4) is 0 Å². The molecule has 1 aromatic heterocycles. The number of halogens is 1. The molecule has 1 aliphatic rings. The molecule has 0 aliphatic carbocycles. The Bertz CT molecular complexity index is 419. The molecule has 0 bridgehead atoms. The summed E-state index contributed by atoms with van der Waals surface area (Å²) in [4.78, 5) is 18.1. The highest BCUT2D eigenvalue weighted by molar-refractivity contribution is 6.29. The summed E-state index contributed by atoms with van der Waals surface area (Å²) >= 11 is 5.81. The van der Waals surface area contributed by atoms with Gasteiger partial charge >= 0.3 is 0 Å². The molecular formula is C13H17ClN2O2. The van der Waals surface area contributed by atoms with Gasteiger partial charge in [0.2, 0.25) is 0 Å². The molecule has 18 heavy (non-hydrogen) atoms. The maximum atomic E-state index is 12.3. The highest BCUT2D eigenvalue weighted by atomic mass is 35.5. The molecule has 1 aromatic rings. The smallest absolute Gasteiger partial charge is 0.272 e. The number of carbonyl (C=O) groups is 1. The first-order valence-electron chi connectivity index (χ1n) is 6.20. The molecule has 0 aromatic carbocycles. The van der Waals surface area contributed by atoms with Crippen molar-refractivity contribution >= 4 is 17.5 Å². The SMILES string of the molecule is CCN(CC1CCOC1)C(=O)c1cccc(Cl)n1. The molecule has 0 radical (unpaired) electrons. The van der Waals surface area contributed by atoms with Crippen LogP contribution in [0.5, 0.6) is 0 Å². The van der Waals surface area contributed by atoms with Gasteiger partial charge < -0.3 is 9.64 Å². The Morgan fingerprint density at radius 1 is 1.61 bits per heavy atom. The molecule has 1 aliphatic heterocycles. The van der Waals surface area contributed by atoms with Crippen LogP contribution in [-0.2, 0) is 4.74 Å². The average Bonchev–Trinajstić information content (AvgIpc) is 2.88. The van der Waals surface area contributed by atoms with E-state index in [2.05, 4.69) is 4.98 Å². The number of aromatic nitrogens is 1. The van der Waals surface area contributed by atoms with Crippen molar-refractivity contribution in [2.24, 2.45) is 5.92 Å². The van der Waals surface area contributed by atoms with Crippen molar-refractivity contribution in [3.63, 3.8) is 0 Å². The number of amides is 1. The Morgan fingerprint density at radius 3 is 3.06 bits per heavy atom. The summed E-state index contributed by atoms with van der Waals surface area (Å²) in [5.41, 5.74) is 0.406. The van der Waals surface area contributed by atoms with Crippen molar-refractivity contribution in [1.29, 1.82) is 0 Å². The number of pyridine rings is 1. The molecular weight excluding hydrogens is 252 g/mol. The zero-order valence-electron chi connectivity index (χ0n) is 10.4. The molecule has 1 unspecified atom stereocenters. The van der Waals surface area contributed by atoms with Crippen LogP contribution >= 0.6 is 11.6 Å². The summed E-state index contributed by atoms with van der Waals surface area (Å²) in [5.74, 6) is 0.375. The minimum absolute atomic E-state index is 0.0631. The number of nitrogens with zero attached hydrogens (tertiary/aromatic N) is 2. The van der Waals surface area contributed by atoms with Crippen LogP contribution in [0, 0.1) is 5.92 Å². The van der Waals surface area contributed by atoms with Crippen molar-refractivity contribution < 1.29 is 9.53 Å². The van der Waals surface area contributed by atoms with Gasteiger partial charge in [-0.05, 0) is 25.5 Å². The quantitative estimate of drug-likeness (QED) is 0.787. The highest BCUT2D eigenvalue weighted by Crippen LogP contribution is 2.15. The summed E-state index contributed by atoms with van der Waals surface area (Å²) in [6, 6.07) is 5.11. The molecule has 98 valence electrons. The third-order valence-electron chi connectivity index (χ3n) is 3.11. The Balaban J connectivity index is 2.04. The molecule has 2 heterocycles. The van der Waals surface area contributed by atoms with E-state index < -0.39 is 0 Å². The Labute approximate surface area is 112 Å². The summed E-state index contributed by atoms with van der Waals surface area (Å²) in [7, 11) is 0. The predicted molar refractivity (Wildman–Crippen MR) is 69.8 cm³/mol. The van der Waals surface area contributed by atoms with Crippen molar-refractivity contribution in [1.82, 2.24) is 9.88 Å². The molecule has 0 spiro atoms. The first kappa shape index (κ1) is 13.3. The standard InChI is InChI=1S/C13H17ClN2O2/c1-2-16(8-10-6-7-18-9-10)13(17)11-4-3-5-12(14)15-11/h3-5,10H,2,6-9H2,1H3. The first-order valence-corrected chi connectivity index (χ1v) is 6.58. The van der Waals surface area contributed by atoms with E-state index in [0.29, 0.717) is 23.3 Å². The van der Waals surface area contributed by atoms with E-state index in [4.69, 9.17) is 16.3 Å². The number of hydrogen-bond acceptors (Lipinski definition) is 3. The monoisotopic (exact) mass is 268 g/mol. The van der Waals surface area contributed by atoms with Gasteiger partial charge in [-0.25, -0.2) is 4.98 Å². The van der Waals surface area contributed by atoms with Crippen LogP contribution in [0.4, 0.5) is 0 Å². The van der Waals surface area contributed by atoms with Gasteiger partial charge in [-0.15, -0.1) is 0 Å². The van der Waals surface area contributed by atoms with E-state index in [1.54, 1.807) is 23.1 Å². The van der Waals surface area contributed by atoms with E-state index in [0.717, 1.165) is 26.2 Å². The van der Waals surface area contributed by atoms with E-state index in [-0.39, 0.29) is 5.91 Å². The van der Waals surface area contributed by atoms with Crippen LogP contribution in [0.1, 0.15) is 23.8 Å². The van der Waals surface area contributed by atoms with Gasteiger partial charge in [0.05, 0.1) is 6.61 Å². The van der Waals surface area contributed by atoms with Gasteiger partial charge in [-0.1, -0.05) is 17.7 Å². The van der Waals surface area contributed by atoms with E-state index in [1.165, 1.54) is 0 Å². The third kappa shape index (κ3) is 3.21. The number of ether oxygens (including phenoxy) is 1. The second-order valence-electron chi connectivity index (χ2n) is 4.42. The molecule has 1 fully saturated rings. The summed E-state index contributed by atoms with van der Waals surface area (Å²) < 4.78 is 5.33. The van der Waals surface area contributed by atoms with Gasteiger partial charge in [0, 0.05) is 25.6 Å². The predicted octanol–water partition coefficient (Wildman–Crippen LogP) is 2.23. The molecule has 1 atom stereocenters. The lowest BCUT2D eigenvalue weighted by Crippen LogP contribution is -2.36. The third-order valence-corrected chi connectivity index (χ3v) is 3.32. The van der Waals surface area contributed by atoms with Crippen LogP contribution in [-0.4, -0.2) is 42.1 Å². The lowest BCUT2D eigenvalue weighted by atomic mass is 10.1. The van der Waals surface area contributed by atoms with Crippen LogP contribution in [0.2, 0.25) is 5.15 Å². The van der Waals surface area contributed by atoms with Crippen LogP contribution in [0.25, 0.3) is 0 Å². The summed E-state index contributed by atoms with van der Waals surface area (Å²) in [6.45, 7) is 4.91. The lowest BCUT2D eigenvalue weighted by Gasteiger charge is -2.23. The number of carbonyl (C=O) groups excluding carboxylic acids is 1. The molecule has 2 rings (SSSR count). The Hall–Kier alpha value is -1.13. The molecule has 4 nitrogen and oxygen atoms in total. The van der Waals surface area contributed by atoms with E-state index in [1.807, 2.05) is 6.92 Å². The van der Waals surface area contributed by atoms with Crippen LogP contribution in [0.3, 0.4) is 0 Å². The fourth-order valence-corrected chi connectivity index (χ4v) is 2.25. The zero-order valence-corrected chi connectivity index (χ0v) is 11.2. The summed E-state index contributed by atoms with van der Waals surface area (Å²) in [6.07, 6.45) is 1.02.